The van der Waals surface area contributed by atoms with Gasteiger partial charge in [0.2, 0.25) is 0 Å². The highest BCUT2D eigenvalue weighted by molar-refractivity contribution is 7.99. The first-order chi connectivity index (χ1) is 7.66. The average molecular weight is 233 g/mol. The molecular weight excluding hydrogens is 214 g/mol. The van der Waals surface area contributed by atoms with Crippen LogP contribution >= 0.6 is 11.8 Å². The van der Waals surface area contributed by atoms with Crippen molar-refractivity contribution >= 4 is 11.8 Å². The molecule has 0 amide bonds. The summed E-state index contributed by atoms with van der Waals surface area (Å²) < 4.78 is 0. The predicted molar refractivity (Wildman–Crippen MR) is 71.6 cm³/mol. The first-order valence-corrected chi connectivity index (χ1v) is 6.82. The second-order valence-electron chi connectivity index (χ2n) is 4.62. The van der Waals surface area contributed by atoms with Crippen molar-refractivity contribution in [2.24, 2.45) is 11.7 Å². The van der Waals surface area contributed by atoms with Crippen molar-refractivity contribution in [3.05, 3.63) is 42.1 Å². The summed E-state index contributed by atoms with van der Waals surface area (Å²) in [5.74, 6) is 2.51. The van der Waals surface area contributed by atoms with Gasteiger partial charge in [-0.15, -0.1) is 11.8 Å². The van der Waals surface area contributed by atoms with Gasteiger partial charge in [0.1, 0.15) is 0 Å². The smallest absolute Gasteiger partial charge is 0.0201 e. The van der Waals surface area contributed by atoms with E-state index in [0.717, 1.165) is 11.6 Å². The Kier molecular flexibility index (Phi) is 3.59. The van der Waals surface area contributed by atoms with Crippen molar-refractivity contribution in [1.82, 2.24) is 0 Å². The average Bonchev–Trinajstić information content (AvgIpc) is 3.10. The van der Waals surface area contributed by atoms with E-state index in [1.807, 2.05) is 11.8 Å². The van der Waals surface area contributed by atoms with Crippen molar-refractivity contribution in [2.45, 2.75) is 30.6 Å². The van der Waals surface area contributed by atoms with E-state index in [2.05, 4.69) is 37.8 Å². The van der Waals surface area contributed by atoms with Crippen LogP contribution in [0.15, 0.2) is 41.4 Å². The Hall–Kier alpha value is -0.890. The van der Waals surface area contributed by atoms with Crippen LogP contribution in [0.1, 0.15) is 31.2 Å². The number of allylic oxidation sites excluding steroid dienone is 1. The maximum atomic E-state index is 5.71. The van der Waals surface area contributed by atoms with Gasteiger partial charge in [-0.05, 0) is 36.5 Å². The summed E-state index contributed by atoms with van der Waals surface area (Å²) in [6.07, 6.45) is 2.85. The Balaban J connectivity index is 1.94. The van der Waals surface area contributed by atoms with Gasteiger partial charge in [-0.25, -0.2) is 0 Å². The molecule has 1 aromatic carbocycles. The molecule has 1 saturated carbocycles. The third-order valence-electron chi connectivity index (χ3n) is 3.12. The largest absolute Gasteiger partial charge is 0.402 e. The number of nitrogens with two attached hydrogens (primary N) is 1. The van der Waals surface area contributed by atoms with Crippen molar-refractivity contribution in [2.75, 3.05) is 5.75 Å². The van der Waals surface area contributed by atoms with Gasteiger partial charge in [-0.1, -0.05) is 25.6 Å². The van der Waals surface area contributed by atoms with Gasteiger partial charge in [0.05, 0.1) is 0 Å². The summed E-state index contributed by atoms with van der Waals surface area (Å²) in [6, 6.07) is 8.72. The lowest BCUT2D eigenvalue weighted by molar-refractivity contribution is 0.881. The molecule has 0 spiro atoms. The molecule has 0 radical (unpaired) electrons. The highest BCUT2D eigenvalue weighted by Crippen LogP contribution is 2.35. The van der Waals surface area contributed by atoms with E-state index in [4.69, 9.17) is 5.73 Å². The molecule has 0 bridgehead atoms. The quantitative estimate of drug-likeness (QED) is 0.784. The van der Waals surface area contributed by atoms with Crippen molar-refractivity contribution in [1.29, 1.82) is 0 Å². The summed E-state index contributed by atoms with van der Waals surface area (Å²) in [6.45, 7) is 5.89. The van der Waals surface area contributed by atoms with E-state index in [0.29, 0.717) is 0 Å². The van der Waals surface area contributed by atoms with Crippen LogP contribution in [-0.2, 0) is 0 Å². The number of hydrogen-bond donors (Lipinski definition) is 1. The van der Waals surface area contributed by atoms with Gasteiger partial charge in [0, 0.05) is 22.3 Å². The van der Waals surface area contributed by atoms with Crippen molar-refractivity contribution < 1.29 is 0 Å². The Bertz CT molecular complexity index is 365. The predicted octanol–water partition coefficient (Wildman–Crippen LogP) is 3.76. The van der Waals surface area contributed by atoms with Crippen molar-refractivity contribution in [3.8, 4) is 0 Å². The third-order valence-corrected chi connectivity index (χ3v) is 4.36. The zero-order valence-corrected chi connectivity index (χ0v) is 10.6. The fraction of sp³-hybridized carbons (Fsp3) is 0.429. The first-order valence-electron chi connectivity index (χ1n) is 5.84. The van der Waals surface area contributed by atoms with E-state index in [1.54, 1.807) is 0 Å². The topological polar surface area (TPSA) is 26.0 Å². The standard InChI is InChI=1S/C14H19NS/c1-10(11(2)15)13-5-7-14(8-6-13)16-9-12-3-4-12/h5-8,10,12H,2-4,9,15H2,1H3. The highest BCUT2D eigenvalue weighted by atomic mass is 32.2. The van der Waals surface area contributed by atoms with Crippen LogP contribution in [-0.4, -0.2) is 5.75 Å². The molecule has 1 aromatic rings. The van der Waals surface area contributed by atoms with E-state index in [9.17, 15) is 0 Å². The monoisotopic (exact) mass is 233 g/mol. The number of benzene rings is 1. The molecule has 86 valence electrons. The van der Waals surface area contributed by atoms with Crippen LogP contribution in [0.2, 0.25) is 0 Å². The molecule has 16 heavy (non-hydrogen) atoms. The van der Waals surface area contributed by atoms with Crippen LogP contribution in [0.4, 0.5) is 0 Å². The first kappa shape index (κ1) is 11.6. The molecule has 1 nitrogen and oxygen atoms in total. The van der Waals surface area contributed by atoms with Crippen LogP contribution in [0.5, 0.6) is 0 Å². The molecule has 0 saturated heterocycles. The lowest BCUT2D eigenvalue weighted by Crippen LogP contribution is -2.04. The van der Waals surface area contributed by atoms with E-state index in [1.165, 1.54) is 29.1 Å². The molecular formula is C14H19NS. The van der Waals surface area contributed by atoms with Gasteiger partial charge in [-0.3, -0.25) is 0 Å². The fourth-order valence-corrected chi connectivity index (χ4v) is 2.66. The molecule has 1 atom stereocenters. The molecule has 2 rings (SSSR count). The fourth-order valence-electron chi connectivity index (χ4n) is 1.57. The summed E-state index contributed by atoms with van der Waals surface area (Å²) in [7, 11) is 0. The van der Waals surface area contributed by atoms with Gasteiger partial charge < -0.3 is 5.73 Å². The maximum absolute atomic E-state index is 5.71. The molecule has 1 unspecified atom stereocenters. The summed E-state index contributed by atoms with van der Waals surface area (Å²) in [4.78, 5) is 1.37. The molecule has 1 fully saturated rings. The second-order valence-corrected chi connectivity index (χ2v) is 5.71. The molecule has 1 aliphatic carbocycles. The lowest BCUT2D eigenvalue weighted by atomic mass is 9.99. The van der Waals surface area contributed by atoms with Gasteiger partial charge in [-0.2, -0.15) is 0 Å². The summed E-state index contributed by atoms with van der Waals surface area (Å²) >= 11 is 1.97. The minimum absolute atomic E-state index is 0.252. The van der Waals surface area contributed by atoms with E-state index >= 15 is 0 Å². The molecule has 2 heteroatoms. The SMILES string of the molecule is C=C(N)C(C)c1ccc(SCC2CC2)cc1. The maximum Gasteiger partial charge on any atom is 0.0201 e. The van der Waals surface area contributed by atoms with E-state index in [-0.39, 0.29) is 5.92 Å². The van der Waals surface area contributed by atoms with Crippen LogP contribution in [0.25, 0.3) is 0 Å². The Morgan fingerprint density at radius 3 is 2.56 bits per heavy atom. The molecule has 0 heterocycles. The van der Waals surface area contributed by atoms with Crippen molar-refractivity contribution in [3.63, 3.8) is 0 Å². The molecule has 0 aromatic heterocycles. The van der Waals surface area contributed by atoms with Crippen LogP contribution in [0, 0.1) is 5.92 Å². The zero-order valence-electron chi connectivity index (χ0n) is 9.78. The van der Waals surface area contributed by atoms with E-state index < -0.39 is 0 Å². The van der Waals surface area contributed by atoms with Gasteiger partial charge in [0.25, 0.3) is 0 Å². The minimum Gasteiger partial charge on any atom is -0.402 e. The minimum atomic E-state index is 0.252. The highest BCUT2D eigenvalue weighted by Gasteiger charge is 2.20. The van der Waals surface area contributed by atoms with Gasteiger partial charge in [0.15, 0.2) is 0 Å². The number of hydrogen-bond acceptors (Lipinski definition) is 2. The molecule has 2 N–H and O–H groups in total. The molecule has 0 aliphatic heterocycles. The number of thioether (sulfide) groups is 1. The third kappa shape index (κ3) is 3.05. The number of rotatable bonds is 5. The summed E-state index contributed by atoms with van der Waals surface area (Å²) in [5, 5.41) is 0. The van der Waals surface area contributed by atoms with Crippen LogP contribution in [0.3, 0.4) is 0 Å². The summed E-state index contributed by atoms with van der Waals surface area (Å²) in [5.41, 5.74) is 7.70. The zero-order chi connectivity index (χ0) is 11.5. The lowest BCUT2D eigenvalue weighted by Gasteiger charge is -2.11. The normalized spacial score (nSPS) is 17.1. The molecule has 1 aliphatic rings. The Labute approximate surface area is 102 Å². The van der Waals surface area contributed by atoms with Crippen LogP contribution < -0.4 is 5.73 Å². The van der Waals surface area contributed by atoms with Gasteiger partial charge >= 0.3 is 0 Å². The Morgan fingerprint density at radius 2 is 2.06 bits per heavy atom. The second kappa shape index (κ2) is 4.96. The Morgan fingerprint density at radius 1 is 1.44 bits per heavy atom.